The highest BCUT2D eigenvalue weighted by atomic mass is 16.8. The van der Waals surface area contributed by atoms with Gasteiger partial charge in [0.25, 0.3) is 0 Å². The van der Waals surface area contributed by atoms with Crippen molar-refractivity contribution in [2.24, 2.45) is 17.8 Å². The fraction of sp³-hybridized carbons (Fsp3) is 0.613. The predicted octanol–water partition coefficient (Wildman–Crippen LogP) is 4.77. The summed E-state index contributed by atoms with van der Waals surface area (Å²) in [5.74, 6) is 3.03. The Balaban J connectivity index is 1.11. The second-order valence-electron chi connectivity index (χ2n) is 12.1. The van der Waals surface area contributed by atoms with Crippen molar-refractivity contribution < 1.29 is 33.5 Å². The van der Waals surface area contributed by atoms with E-state index >= 15 is 0 Å². The fourth-order valence-corrected chi connectivity index (χ4v) is 7.95. The van der Waals surface area contributed by atoms with Crippen molar-refractivity contribution in [1.29, 1.82) is 0 Å². The summed E-state index contributed by atoms with van der Waals surface area (Å²) in [7, 11) is 1.65. The molecule has 1 N–H and O–H groups in total. The van der Waals surface area contributed by atoms with E-state index in [9.17, 15) is 5.11 Å². The van der Waals surface area contributed by atoms with E-state index in [-0.39, 0.29) is 5.60 Å². The van der Waals surface area contributed by atoms with E-state index in [0.717, 1.165) is 53.9 Å². The fourth-order valence-electron chi connectivity index (χ4n) is 7.95. The van der Waals surface area contributed by atoms with Crippen molar-refractivity contribution in [3.63, 3.8) is 0 Å². The number of fused-ring (bicyclic) bond motifs is 1. The second-order valence-corrected chi connectivity index (χ2v) is 12.1. The molecule has 4 bridgehead atoms. The van der Waals surface area contributed by atoms with Gasteiger partial charge in [0.15, 0.2) is 12.6 Å². The minimum atomic E-state index is -0.916. The monoisotopic (exact) mass is 522 g/mol. The summed E-state index contributed by atoms with van der Waals surface area (Å²) in [6, 6.07) is 17.6. The van der Waals surface area contributed by atoms with Crippen LogP contribution in [0, 0.1) is 17.8 Å². The lowest BCUT2D eigenvalue weighted by Gasteiger charge is -2.58. The summed E-state index contributed by atoms with van der Waals surface area (Å²) in [6.07, 6.45) is 3.41. The minimum Gasteiger partial charge on any atom is -0.497 e. The van der Waals surface area contributed by atoms with Crippen LogP contribution in [0.4, 0.5) is 0 Å². The Morgan fingerprint density at radius 2 is 1.58 bits per heavy atom. The van der Waals surface area contributed by atoms with Gasteiger partial charge >= 0.3 is 0 Å². The van der Waals surface area contributed by atoms with Crippen LogP contribution in [-0.4, -0.2) is 55.1 Å². The van der Waals surface area contributed by atoms with Gasteiger partial charge in [-0.25, -0.2) is 0 Å². The van der Waals surface area contributed by atoms with Crippen molar-refractivity contribution in [2.75, 3.05) is 13.7 Å². The van der Waals surface area contributed by atoms with Crippen LogP contribution in [0.5, 0.6) is 5.75 Å². The minimum absolute atomic E-state index is 0.184. The van der Waals surface area contributed by atoms with Crippen LogP contribution >= 0.6 is 0 Å². The molecule has 0 spiro atoms. The smallest absolute Gasteiger partial charge is 0.187 e. The van der Waals surface area contributed by atoms with Gasteiger partial charge in [0, 0.05) is 5.56 Å². The Bertz CT molecular complexity index is 1050. The average Bonchev–Trinajstić information content (AvgIpc) is 2.92. The van der Waals surface area contributed by atoms with Gasteiger partial charge < -0.3 is 33.5 Å². The van der Waals surface area contributed by atoms with Gasteiger partial charge in [0.2, 0.25) is 0 Å². The number of hydrogen-bond acceptors (Lipinski definition) is 7. The summed E-state index contributed by atoms with van der Waals surface area (Å²) < 4.78 is 37.5. The molecular weight excluding hydrogens is 484 g/mol. The van der Waals surface area contributed by atoms with Crippen LogP contribution in [0.15, 0.2) is 54.6 Å². The van der Waals surface area contributed by atoms with Crippen molar-refractivity contribution >= 4 is 0 Å². The van der Waals surface area contributed by atoms with Crippen molar-refractivity contribution in [3.8, 4) is 5.75 Å². The summed E-state index contributed by atoms with van der Waals surface area (Å²) >= 11 is 0. The summed E-state index contributed by atoms with van der Waals surface area (Å²) in [6.45, 7) is 0.652. The molecule has 7 heteroatoms. The number of benzene rings is 2. The van der Waals surface area contributed by atoms with Gasteiger partial charge in [-0.3, -0.25) is 0 Å². The Hall–Kier alpha value is -2.00. The maximum atomic E-state index is 11.7. The van der Waals surface area contributed by atoms with Crippen LogP contribution in [-0.2, 0) is 30.3 Å². The first-order chi connectivity index (χ1) is 18.6. The molecule has 38 heavy (non-hydrogen) atoms. The number of hydrogen-bond donors (Lipinski definition) is 1. The van der Waals surface area contributed by atoms with Gasteiger partial charge in [0.05, 0.1) is 25.9 Å². The molecule has 2 aliphatic heterocycles. The lowest BCUT2D eigenvalue weighted by Crippen LogP contribution is -2.65. The van der Waals surface area contributed by atoms with Gasteiger partial charge in [-0.15, -0.1) is 0 Å². The van der Waals surface area contributed by atoms with Gasteiger partial charge in [-0.2, -0.15) is 0 Å². The average molecular weight is 523 g/mol. The van der Waals surface area contributed by atoms with Crippen LogP contribution in [0.1, 0.15) is 55.9 Å². The van der Waals surface area contributed by atoms with Gasteiger partial charge in [-0.1, -0.05) is 42.5 Å². The molecular formula is C31H38O7. The van der Waals surface area contributed by atoms with E-state index in [0.29, 0.717) is 13.2 Å². The largest absolute Gasteiger partial charge is 0.497 e. The Kier molecular flexibility index (Phi) is 6.71. The molecule has 4 aliphatic carbocycles. The number of aliphatic hydroxyl groups is 1. The van der Waals surface area contributed by atoms with E-state index in [2.05, 4.69) is 0 Å². The number of aliphatic hydroxyl groups excluding tert-OH is 1. The Morgan fingerprint density at radius 3 is 2.24 bits per heavy atom. The van der Waals surface area contributed by atoms with Crippen LogP contribution in [0.3, 0.4) is 0 Å². The second kappa shape index (κ2) is 10.2. The normalized spacial score (nSPS) is 41.6. The number of methoxy groups -OCH3 is 1. The molecule has 0 aromatic heterocycles. The van der Waals surface area contributed by atoms with Gasteiger partial charge in [-0.05, 0) is 74.0 Å². The quantitative estimate of drug-likeness (QED) is 0.562. The third-order valence-electron chi connectivity index (χ3n) is 9.33. The summed E-state index contributed by atoms with van der Waals surface area (Å²) in [4.78, 5) is 0. The van der Waals surface area contributed by atoms with Crippen molar-refractivity contribution in [1.82, 2.24) is 0 Å². The molecule has 2 aromatic carbocycles. The van der Waals surface area contributed by atoms with Crippen molar-refractivity contribution in [2.45, 2.75) is 87.7 Å². The molecule has 0 amide bonds. The molecule has 2 aromatic rings. The number of rotatable bonds is 7. The molecule has 6 atom stereocenters. The first-order valence-corrected chi connectivity index (χ1v) is 14.2. The SMILES string of the molecule is COc1ccc(CO[C@@H]2[C@H](OC34CC5CC(CC(C5)C3)C4)O[C@@H]3CO[C@@H](c4ccccc4)O[C@H]3[C@@H]2O)cc1. The summed E-state index contributed by atoms with van der Waals surface area (Å²) in [5.41, 5.74) is 1.72. The predicted molar refractivity (Wildman–Crippen MR) is 138 cm³/mol. The molecule has 0 unspecified atom stereocenters. The van der Waals surface area contributed by atoms with Crippen LogP contribution in [0.25, 0.3) is 0 Å². The topological polar surface area (TPSA) is 75.6 Å². The molecule has 2 saturated heterocycles. The third-order valence-corrected chi connectivity index (χ3v) is 9.33. The van der Waals surface area contributed by atoms with E-state index in [4.69, 9.17) is 28.4 Å². The highest BCUT2D eigenvalue weighted by molar-refractivity contribution is 5.26. The lowest BCUT2D eigenvalue weighted by atomic mass is 9.54. The van der Waals surface area contributed by atoms with Crippen LogP contribution < -0.4 is 4.74 Å². The first-order valence-electron chi connectivity index (χ1n) is 14.2. The molecule has 204 valence electrons. The van der Waals surface area contributed by atoms with E-state index < -0.39 is 37.0 Å². The highest BCUT2D eigenvalue weighted by Crippen LogP contribution is 2.58. The van der Waals surface area contributed by atoms with E-state index in [1.54, 1.807) is 7.11 Å². The zero-order valence-corrected chi connectivity index (χ0v) is 21.9. The molecule has 8 rings (SSSR count). The zero-order chi connectivity index (χ0) is 25.7. The molecule has 6 aliphatic rings. The lowest BCUT2D eigenvalue weighted by molar-refractivity contribution is -0.386. The first kappa shape index (κ1) is 25.0. The third kappa shape index (κ3) is 4.78. The molecule has 2 heterocycles. The standard InChI is InChI=1S/C31H38O7/c1-33-24-9-7-19(8-10-24)17-34-28-26(32)27-25(18-35-29(37-27)23-5-3-2-4-6-23)36-30(28)38-31-14-20-11-21(15-31)13-22(12-20)16-31/h2-10,20-22,25-30,32H,11-18H2,1H3/t20?,21?,22?,25-,26+,27-,28+,29-,30+,31?/m1/s1. The highest BCUT2D eigenvalue weighted by Gasteiger charge is 2.56. The maximum absolute atomic E-state index is 11.7. The zero-order valence-electron chi connectivity index (χ0n) is 21.9. The molecule has 4 saturated carbocycles. The Labute approximate surface area is 224 Å². The molecule has 0 radical (unpaired) electrons. The molecule has 7 nitrogen and oxygen atoms in total. The molecule has 6 fully saturated rings. The van der Waals surface area contributed by atoms with E-state index in [1.165, 1.54) is 19.3 Å². The summed E-state index contributed by atoms with van der Waals surface area (Å²) in [5, 5.41) is 11.7. The van der Waals surface area contributed by atoms with Crippen LogP contribution in [0.2, 0.25) is 0 Å². The number of ether oxygens (including phenoxy) is 6. The van der Waals surface area contributed by atoms with Gasteiger partial charge in [0.1, 0.15) is 30.2 Å². The maximum Gasteiger partial charge on any atom is 0.187 e. The van der Waals surface area contributed by atoms with Crippen molar-refractivity contribution in [3.05, 3.63) is 65.7 Å². The van der Waals surface area contributed by atoms with E-state index in [1.807, 2.05) is 54.6 Å². The Morgan fingerprint density at radius 1 is 0.895 bits per heavy atom.